The fourth-order valence-corrected chi connectivity index (χ4v) is 3.12. The Hall–Kier alpha value is -0.510. The molecule has 0 aromatic carbocycles. The summed E-state index contributed by atoms with van der Waals surface area (Å²) in [5, 5.41) is 0. The fraction of sp³-hybridized carbons (Fsp3) is 0.900. The maximum absolute atomic E-state index is 13.1. The number of nitrogens with zero attached hydrogens (tertiary/aromatic N) is 1. The van der Waals surface area contributed by atoms with Gasteiger partial charge in [-0.25, -0.2) is 8.78 Å². The predicted octanol–water partition coefficient (Wildman–Crippen LogP) is 1.55. The van der Waals surface area contributed by atoms with Crippen LogP contribution in [0.2, 0.25) is 0 Å². The van der Waals surface area contributed by atoms with Gasteiger partial charge in [0.05, 0.1) is 6.04 Å². The topological polar surface area (TPSA) is 20.3 Å². The van der Waals surface area contributed by atoms with Crippen LogP contribution in [0.1, 0.15) is 19.8 Å². The third kappa shape index (κ3) is 1.45. The van der Waals surface area contributed by atoms with Crippen LogP contribution in [0, 0.1) is 11.8 Å². The maximum atomic E-state index is 13.1. The van der Waals surface area contributed by atoms with Gasteiger partial charge in [0.2, 0.25) is 5.92 Å². The van der Waals surface area contributed by atoms with Crippen LogP contribution < -0.4 is 0 Å². The van der Waals surface area contributed by atoms with E-state index in [0.29, 0.717) is 6.54 Å². The number of Topliss-reactive ketones (excluding diaryl/α,β-unsaturated/α-hetero) is 1. The molecule has 1 saturated heterocycles. The van der Waals surface area contributed by atoms with E-state index < -0.39 is 5.92 Å². The summed E-state index contributed by atoms with van der Waals surface area (Å²) in [6.45, 7) is 2.14. The summed E-state index contributed by atoms with van der Waals surface area (Å²) < 4.78 is 26.2. The van der Waals surface area contributed by atoms with Crippen molar-refractivity contribution in [3.8, 4) is 0 Å². The van der Waals surface area contributed by atoms with Crippen molar-refractivity contribution in [3.05, 3.63) is 0 Å². The average molecular weight is 203 g/mol. The summed E-state index contributed by atoms with van der Waals surface area (Å²) in [4.78, 5) is 13.2. The van der Waals surface area contributed by atoms with E-state index in [1.54, 1.807) is 0 Å². The lowest BCUT2D eigenvalue weighted by atomic mass is 9.92. The zero-order valence-electron chi connectivity index (χ0n) is 8.46. The van der Waals surface area contributed by atoms with Crippen LogP contribution in [0.25, 0.3) is 0 Å². The zero-order chi connectivity index (χ0) is 10.5. The highest BCUT2D eigenvalue weighted by Crippen LogP contribution is 2.49. The van der Waals surface area contributed by atoms with Crippen LogP contribution in [-0.4, -0.2) is 36.2 Å². The number of likely N-dealkylation sites (tertiary alicyclic amines) is 1. The van der Waals surface area contributed by atoms with Crippen molar-refractivity contribution in [2.45, 2.75) is 31.7 Å². The van der Waals surface area contributed by atoms with E-state index in [-0.39, 0.29) is 36.5 Å². The fourth-order valence-electron chi connectivity index (χ4n) is 3.12. The Balaban J connectivity index is 2.18. The van der Waals surface area contributed by atoms with Crippen LogP contribution in [0.15, 0.2) is 0 Å². The van der Waals surface area contributed by atoms with E-state index in [9.17, 15) is 13.6 Å². The molecule has 0 amide bonds. The van der Waals surface area contributed by atoms with Crippen LogP contribution >= 0.6 is 0 Å². The number of likely N-dealkylation sites (N-methyl/N-ethyl adjacent to an activating group) is 1. The van der Waals surface area contributed by atoms with Crippen molar-refractivity contribution >= 4 is 5.78 Å². The van der Waals surface area contributed by atoms with E-state index >= 15 is 0 Å². The standard InChI is InChI=1S/C10H15F2NO/c1-6(14)9-8-4-10(11,12)3-7(8)5-13(9)2/h7-9H,3-5H2,1-2H3/t7-,8-,9?/m0/s1. The Labute approximate surface area is 82.3 Å². The van der Waals surface area contributed by atoms with Gasteiger partial charge in [-0.2, -0.15) is 0 Å². The summed E-state index contributed by atoms with van der Waals surface area (Å²) in [7, 11) is 1.85. The third-order valence-electron chi connectivity index (χ3n) is 3.52. The van der Waals surface area contributed by atoms with Crippen molar-refractivity contribution < 1.29 is 13.6 Å². The number of alkyl halides is 2. The summed E-state index contributed by atoms with van der Waals surface area (Å²) in [5.41, 5.74) is 0. The van der Waals surface area contributed by atoms with Gasteiger partial charge < -0.3 is 0 Å². The molecule has 0 radical (unpaired) electrons. The smallest absolute Gasteiger partial charge is 0.248 e. The molecule has 4 heteroatoms. The first-order valence-corrected chi connectivity index (χ1v) is 4.99. The molecule has 80 valence electrons. The molecule has 1 heterocycles. The molecule has 3 atom stereocenters. The lowest BCUT2D eigenvalue weighted by Gasteiger charge is -2.22. The Morgan fingerprint density at radius 1 is 1.43 bits per heavy atom. The van der Waals surface area contributed by atoms with Gasteiger partial charge in [-0.15, -0.1) is 0 Å². The minimum absolute atomic E-state index is 0.0175. The van der Waals surface area contributed by atoms with Crippen molar-refractivity contribution in [2.24, 2.45) is 11.8 Å². The number of hydrogen-bond donors (Lipinski definition) is 0. The van der Waals surface area contributed by atoms with Crippen LogP contribution in [-0.2, 0) is 4.79 Å². The van der Waals surface area contributed by atoms with Crippen LogP contribution in [0.4, 0.5) is 8.78 Å². The number of carbonyl (C=O) groups excluding carboxylic acids is 1. The Kier molecular flexibility index (Phi) is 2.14. The Morgan fingerprint density at radius 2 is 2.07 bits per heavy atom. The molecule has 0 N–H and O–H groups in total. The second kappa shape index (κ2) is 2.99. The molecule has 1 saturated carbocycles. The maximum Gasteiger partial charge on any atom is 0.248 e. The number of hydrogen-bond acceptors (Lipinski definition) is 2. The van der Waals surface area contributed by atoms with E-state index in [0.717, 1.165) is 0 Å². The number of carbonyl (C=O) groups is 1. The summed E-state index contributed by atoms with van der Waals surface area (Å²) in [5.74, 6) is -2.61. The minimum Gasteiger partial charge on any atom is -0.298 e. The van der Waals surface area contributed by atoms with Gasteiger partial charge in [0.25, 0.3) is 0 Å². The van der Waals surface area contributed by atoms with Crippen LogP contribution in [0.5, 0.6) is 0 Å². The van der Waals surface area contributed by atoms with Gasteiger partial charge >= 0.3 is 0 Å². The normalized spacial score (nSPS) is 41.3. The van der Waals surface area contributed by atoms with Crippen molar-refractivity contribution in [2.75, 3.05) is 13.6 Å². The monoisotopic (exact) mass is 203 g/mol. The summed E-state index contributed by atoms with van der Waals surface area (Å²) in [6, 6.07) is -0.270. The van der Waals surface area contributed by atoms with E-state index in [4.69, 9.17) is 0 Å². The van der Waals surface area contributed by atoms with Gasteiger partial charge in [0.1, 0.15) is 5.78 Å². The molecule has 0 spiro atoms. The Morgan fingerprint density at radius 3 is 2.64 bits per heavy atom. The molecule has 14 heavy (non-hydrogen) atoms. The molecular formula is C10H15F2NO. The first-order valence-electron chi connectivity index (χ1n) is 4.99. The largest absolute Gasteiger partial charge is 0.298 e. The van der Waals surface area contributed by atoms with Crippen LogP contribution in [0.3, 0.4) is 0 Å². The van der Waals surface area contributed by atoms with Gasteiger partial charge in [-0.3, -0.25) is 9.69 Å². The molecule has 2 aliphatic rings. The quantitative estimate of drug-likeness (QED) is 0.644. The summed E-state index contributed by atoms with van der Waals surface area (Å²) >= 11 is 0. The first kappa shape index (κ1) is 10.0. The molecule has 1 aliphatic heterocycles. The van der Waals surface area contributed by atoms with Crippen molar-refractivity contribution in [1.29, 1.82) is 0 Å². The van der Waals surface area contributed by atoms with Gasteiger partial charge in [-0.1, -0.05) is 0 Å². The lowest BCUT2D eigenvalue weighted by Crippen LogP contribution is -2.36. The molecule has 1 aliphatic carbocycles. The molecule has 2 nitrogen and oxygen atoms in total. The molecule has 0 aromatic rings. The first-order chi connectivity index (χ1) is 6.41. The number of fused-ring (bicyclic) bond motifs is 1. The highest BCUT2D eigenvalue weighted by atomic mass is 19.3. The molecular weight excluding hydrogens is 188 g/mol. The van der Waals surface area contributed by atoms with E-state index in [1.165, 1.54) is 6.92 Å². The van der Waals surface area contributed by atoms with Gasteiger partial charge in [0, 0.05) is 19.4 Å². The number of ketones is 1. The molecule has 0 bridgehead atoms. The second-order valence-electron chi connectivity index (χ2n) is 4.68. The molecule has 1 unspecified atom stereocenters. The number of halogens is 2. The average Bonchev–Trinajstić information content (AvgIpc) is 2.37. The predicted molar refractivity (Wildman–Crippen MR) is 48.3 cm³/mol. The zero-order valence-corrected chi connectivity index (χ0v) is 8.46. The third-order valence-corrected chi connectivity index (χ3v) is 3.52. The minimum atomic E-state index is -2.54. The van der Waals surface area contributed by atoms with Gasteiger partial charge in [-0.05, 0) is 25.8 Å². The van der Waals surface area contributed by atoms with E-state index in [2.05, 4.69) is 0 Å². The van der Waals surface area contributed by atoms with E-state index in [1.807, 2.05) is 11.9 Å². The Bertz CT molecular complexity index is 267. The number of rotatable bonds is 1. The second-order valence-corrected chi connectivity index (χ2v) is 4.68. The summed E-state index contributed by atoms with van der Waals surface area (Å²) in [6.07, 6.45) is -0.141. The SMILES string of the molecule is CC(=O)C1[C@H]2CC(F)(F)C[C@H]2CN1C. The molecule has 2 fully saturated rings. The molecule has 2 rings (SSSR count). The van der Waals surface area contributed by atoms with Crippen molar-refractivity contribution in [3.63, 3.8) is 0 Å². The van der Waals surface area contributed by atoms with Gasteiger partial charge in [0.15, 0.2) is 0 Å². The lowest BCUT2D eigenvalue weighted by molar-refractivity contribution is -0.122. The molecule has 0 aromatic heterocycles. The van der Waals surface area contributed by atoms with Crippen molar-refractivity contribution in [1.82, 2.24) is 4.90 Å². The highest BCUT2D eigenvalue weighted by Gasteiger charge is 2.54. The highest BCUT2D eigenvalue weighted by molar-refractivity contribution is 5.82.